The summed E-state index contributed by atoms with van der Waals surface area (Å²) < 4.78 is 5.19. The Morgan fingerprint density at radius 1 is 1.16 bits per heavy atom. The number of H-pyrrole nitrogens is 1. The van der Waals surface area contributed by atoms with Crippen molar-refractivity contribution >= 4 is 22.8 Å². The van der Waals surface area contributed by atoms with Crippen molar-refractivity contribution in [2.75, 3.05) is 19.0 Å². The summed E-state index contributed by atoms with van der Waals surface area (Å²) in [6.45, 7) is 4.71. The minimum atomic E-state index is -0.249. The molecule has 0 aliphatic carbocycles. The monoisotopic (exact) mass is 338 g/mol. The predicted molar refractivity (Wildman–Crippen MR) is 99.9 cm³/mol. The van der Waals surface area contributed by atoms with Gasteiger partial charge in [-0.25, -0.2) is 4.79 Å². The summed E-state index contributed by atoms with van der Waals surface area (Å²) in [5.74, 6) is 1.75. The van der Waals surface area contributed by atoms with E-state index in [0.29, 0.717) is 18.3 Å². The van der Waals surface area contributed by atoms with Crippen LogP contribution in [0.4, 0.5) is 10.6 Å². The summed E-state index contributed by atoms with van der Waals surface area (Å²) in [7, 11) is 1.65. The van der Waals surface area contributed by atoms with E-state index >= 15 is 0 Å². The van der Waals surface area contributed by atoms with E-state index in [1.165, 1.54) is 0 Å². The molecule has 130 valence electrons. The van der Waals surface area contributed by atoms with Crippen molar-refractivity contribution in [3.63, 3.8) is 0 Å². The second-order valence-electron chi connectivity index (χ2n) is 6.29. The van der Waals surface area contributed by atoms with E-state index in [-0.39, 0.29) is 6.03 Å². The van der Waals surface area contributed by atoms with Crippen molar-refractivity contribution in [3.8, 4) is 16.9 Å². The van der Waals surface area contributed by atoms with Crippen LogP contribution in [0.3, 0.4) is 0 Å². The Balaban J connectivity index is 1.79. The van der Waals surface area contributed by atoms with E-state index in [4.69, 9.17) is 4.74 Å². The number of nitrogens with one attached hydrogen (secondary N) is 3. The third-order valence-corrected chi connectivity index (χ3v) is 3.89. The zero-order valence-corrected chi connectivity index (χ0v) is 14.6. The van der Waals surface area contributed by atoms with Gasteiger partial charge in [-0.1, -0.05) is 32.0 Å². The van der Waals surface area contributed by atoms with Gasteiger partial charge in [-0.15, -0.1) is 0 Å². The molecule has 0 aliphatic heterocycles. The zero-order valence-electron chi connectivity index (χ0n) is 14.6. The largest absolute Gasteiger partial charge is 0.497 e. The molecule has 0 aliphatic rings. The predicted octanol–water partition coefficient (Wildman–Crippen LogP) is 4.02. The van der Waals surface area contributed by atoms with Gasteiger partial charge in [0.2, 0.25) is 0 Å². The summed E-state index contributed by atoms with van der Waals surface area (Å²) in [6, 6.07) is 13.6. The van der Waals surface area contributed by atoms with Crippen LogP contribution in [-0.2, 0) is 0 Å². The molecule has 0 bridgehead atoms. The summed E-state index contributed by atoms with van der Waals surface area (Å²) in [4.78, 5) is 11.9. The third-order valence-electron chi connectivity index (χ3n) is 3.89. The van der Waals surface area contributed by atoms with Crippen molar-refractivity contribution in [2.24, 2.45) is 5.92 Å². The Hall–Kier alpha value is -3.02. The van der Waals surface area contributed by atoms with Crippen LogP contribution < -0.4 is 15.4 Å². The van der Waals surface area contributed by atoms with Gasteiger partial charge in [0.1, 0.15) is 5.75 Å². The number of ether oxygens (including phenoxy) is 1. The van der Waals surface area contributed by atoms with Crippen molar-refractivity contribution < 1.29 is 9.53 Å². The van der Waals surface area contributed by atoms with E-state index in [1.807, 2.05) is 56.3 Å². The molecule has 0 spiro atoms. The molecule has 3 N–H and O–H groups in total. The van der Waals surface area contributed by atoms with Gasteiger partial charge in [0.15, 0.2) is 5.82 Å². The molecule has 0 radical (unpaired) electrons. The first kappa shape index (κ1) is 16.8. The summed E-state index contributed by atoms with van der Waals surface area (Å²) in [5, 5.41) is 13.7. The molecule has 0 unspecified atom stereocenters. The topological polar surface area (TPSA) is 79.0 Å². The number of methoxy groups -OCH3 is 1. The first-order valence-corrected chi connectivity index (χ1v) is 8.24. The number of fused-ring (bicyclic) bond motifs is 1. The van der Waals surface area contributed by atoms with Crippen molar-refractivity contribution in [1.82, 2.24) is 15.5 Å². The Labute approximate surface area is 146 Å². The molecule has 25 heavy (non-hydrogen) atoms. The second kappa shape index (κ2) is 7.25. The van der Waals surface area contributed by atoms with Crippen molar-refractivity contribution in [2.45, 2.75) is 13.8 Å². The van der Waals surface area contributed by atoms with Gasteiger partial charge < -0.3 is 10.1 Å². The zero-order chi connectivity index (χ0) is 17.8. The number of benzene rings is 2. The minimum Gasteiger partial charge on any atom is -0.497 e. The van der Waals surface area contributed by atoms with Gasteiger partial charge in [0.25, 0.3) is 0 Å². The quantitative estimate of drug-likeness (QED) is 0.657. The van der Waals surface area contributed by atoms with Gasteiger partial charge in [-0.2, -0.15) is 5.10 Å². The molecular formula is C19H22N4O2. The number of aromatic nitrogens is 2. The molecule has 1 heterocycles. The number of amides is 2. The van der Waals surface area contributed by atoms with Gasteiger partial charge in [0, 0.05) is 11.9 Å². The minimum absolute atomic E-state index is 0.249. The summed E-state index contributed by atoms with van der Waals surface area (Å²) in [6.07, 6.45) is 0. The number of carbonyl (C=O) groups excluding carboxylic acids is 1. The normalized spacial score (nSPS) is 10.9. The molecule has 3 aromatic rings. The average Bonchev–Trinajstić information content (AvgIpc) is 3.02. The highest BCUT2D eigenvalue weighted by molar-refractivity contribution is 6.00. The summed E-state index contributed by atoms with van der Waals surface area (Å²) in [5.41, 5.74) is 3.02. The second-order valence-corrected chi connectivity index (χ2v) is 6.29. The molecule has 2 aromatic carbocycles. The smallest absolute Gasteiger partial charge is 0.320 e. The maximum absolute atomic E-state index is 11.9. The SMILES string of the molecule is COc1ccc(-c2ccc3c(NC(=O)NCC(C)C)n[nH]c3c2)cc1. The Bertz CT molecular complexity index is 869. The van der Waals surface area contributed by atoms with Gasteiger partial charge in [0.05, 0.1) is 12.6 Å². The molecular weight excluding hydrogens is 316 g/mol. The Kier molecular flexibility index (Phi) is 4.88. The van der Waals surface area contributed by atoms with Crippen LogP contribution in [0.5, 0.6) is 5.75 Å². The van der Waals surface area contributed by atoms with E-state index < -0.39 is 0 Å². The highest BCUT2D eigenvalue weighted by Crippen LogP contribution is 2.28. The highest BCUT2D eigenvalue weighted by atomic mass is 16.5. The van der Waals surface area contributed by atoms with Crippen LogP contribution in [0, 0.1) is 5.92 Å². The standard InChI is InChI=1S/C19H22N4O2/c1-12(2)11-20-19(24)21-18-16-9-6-14(10-17(16)22-23-18)13-4-7-15(25-3)8-5-13/h4-10,12H,11H2,1-3H3,(H3,20,21,22,23,24). The van der Waals surface area contributed by atoms with Crippen LogP contribution in [0.25, 0.3) is 22.0 Å². The van der Waals surface area contributed by atoms with E-state index in [1.54, 1.807) is 7.11 Å². The maximum atomic E-state index is 11.9. The Morgan fingerprint density at radius 2 is 1.88 bits per heavy atom. The molecule has 0 fully saturated rings. The number of hydrogen-bond acceptors (Lipinski definition) is 3. The lowest BCUT2D eigenvalue weighted by Gasteiger charge is -2.08. The molecule has 3 rings (SSSR count). The number of nitrogens with zero attached hydrogens (tertiary/aromatic N) is 1. The average molecular weight is 338 g/mol. The van der Waals surface area contributed by atoms with Crippen LogP contribution in [0.2, 0.25) is 0 Å². The number of anilines is 1. The number of hydrogen-bond donors (Lipinski definition) is 3. The Morgan fingerprint density at radius 3 is 2.56 bits per heavy atom. The number of carbonyl (C=O) groups is 1. The molecule has 0 atom stereocenters. The lowest BCUT2D eigenvalue weighted by Crippen LogP contribution is -2.31. The van der Waals surface area contributed by atoms with Crippen LogP contribution >= 0.6 is 0 Å². The fraction of sp³-hybridized carbons (Fsp3) is 0.263. The first-order chi connectivity index (χ1) is 12.1. The van der Waals surface area contributed by atoms with E-state index in [2.05, 4.69) is 20.8 Å². The van der Waals surface area contributed by atoms with Crippen LogP contribution in [0.1, 0.15) is 13.8 Å². The molecule has 1 aromatic heterocycles. The number of aromatic amines is 1. The van der Waals surface area contributed by atoms with Gasteiger partial charge >= 0.3 is 6.03 Å². The van der Waals surface area contributed by atoms with Gasteiger partial charge in [-0.3, -0.25) is 10.4 Å². The molecule has 0 saturated heterocycles. The highest BCUT2D eigenvalue weighted by Gasteiger charge is 2.10. The van der Waals surface area contributed by atoms with Crippen molar-refractivity contribution in [1.29, 1.82) is 0 Å². The molecule has 6 nitrogen and oxygen atoms in total. The number of urea groups is 1. The maximum Gasteiger partial charge on any atom is 0.320 e. The van der Waals surface area contributed by atoms with Gasteiger partial charge in [-0.05, 0) is 41.3 Å². The first-order valence-electron chi connectivity index (χ1n) is 8.24. The van der Waals surface area contributed by atoms with E-state index in [0.717, 1.165) is 27.8 Å². The molecule has 2 amide bonds. The lowest BCUT2D eigenvalue weighted by atomic mass is 10.0. The number of rotatable bonds is 5. The lowest BCUT2D eigenvalue weighted by molar-refractivity contribution is 0.251. The van der Waals surface area contributed by atoms with Crippen LogP contribution in [0.15, 0.2) is 42.5 Å². The fourth-order valence-electron chi connectivity index (χ4n) is 2.53. The van der Waals surface area contributed by atoms with Crippen LogP contribution in [-0.4, -0.2) is 29.9 Å². The summed E-state index contributed by atoms with van der Waals surface area (Å²) >= 11 is 0. The third kappa shape index (κ3) is 3.91. The molecule has 6 heteroatoms. The molecule has 0 saturated carbocycles. The van der Waals surface area contributed by atoms with Crippen molar-refractivity contribution in [3.05, 3.63) is 42.5 Å². The fourth-order valence-corrected chi connectivity index (χ4v) is 2.53. The van der Waals surface area contributed by atoms with E-state index in [9.17, 15) is 4.79 Å².